The molecule has 1 aromatic rings. The van der Waals surface area contributed by atoms with Crippen LogP contribution in [0.25, 0.3) is 0 Å². The molecule has 1 N–H and O–H groups in total. The molecule has 0 aliphatic carbocycles. The third kappa shape index (κ3) is 4.08. The van der Waals surface area contributed by atoms with Crippen LogP contribution < -0.4 is 0 Å². The van der Waals surface area contributed by atoms with Crippen LogP contribution in [0.5, 0.6) is 0 Å². The van der Waals surface area contributed by atoms with E-state index in [1.165, 1.54) is 17.6 Å². The molecule has 0 aliphatic rings. The zero-order valence-corrected chi connectivity index (χ0v) is 10.8. The van der Waals surface area contributed by atoms with Gasteiger partial charge in [-0.2, -0.15) is 0 Å². The minimum atomic E-state index is -2.99. The zero-order chi connectivity index (χ0) is 10.8. The van der Waals surface area contributed by atoms with E-state index in [9.17, 15) is 13.5 Å². The largest absolute Gasteiger partial charge is 0.388 e. The Morgan fingerprint density at radius 1 is 1.64 bits per heavy atom. The lowest BCUT2D eigenvalue weighted by atomic mass is 10.1. The summed E-state index contributed by atoms with van der Waals surface area (Å²) < 4.78 is 22.6. The summed E-state index contributed by atoms with van der Waals surface area (Å²) in [5, 5.41) is 11.4. The summed E-state index contributed by atoms with van der Waals surface area (Å²) in [7, 11) is -2.99. The van der Waals surface area contributed by atoms with Crippen molar-refractivity contribution in [1.82, 2.24) is 0 Å². The van der Waals surface area contributed by atoms with Gasteiger partial charge >= 0.3 is 0 Å². The van der Waals surface area contributed by atoms with Crippen LogP contribution in [0, 0.1) is 0 Å². The lowest BCUT2D eigenvalue weighted by molar-refractivity contribution is 0.175. The highest BCUT2D eigenvalue weighted by Crippen LogP contribution is 2.26. The van der Waals surface area contributed by atoms with Crippen LogP contribution >= 0.6 is 27.3 Å². The van der Waals surface area contributed by atoms with Gasteiger partial charge in [0, 0.05) is 6.26 Å². The Kier molecular flexibility index (Phi) is 4.12. The van der Waals surface area contributed by atoms with E-state index in [-0.39, 0.29) is 12.2 Å². The number of aliphatic hydroxyl groups excluding tert-OH is 1. The molecular formula is C8H11BrO3S2. The van der Waals surface area contributed by atoms with E-state index < -0.39 is 15.9 Å². The van der Waals surface area contributed by atoms with Crippen LogP contribution in [-0.4, -0.2) is 25.5 Å². The van der Waals surface area contributed by atoms with Gasteiger partial charge in [0.05, 0.1) is 15.6 Å². The van der Waals surface area contributed by atoms with Gasteiger partial charge in [0.25, 0.3) is 0 Å². The highest BCUT2D eigenvalue weighted by atomic mass is 79.9. The predicted octanol–water partition coefficient (Wildman–Crippen LogP) is 1.98. The molecule has 1 unspecified atom stereocenters. The molecule has 0 spiro atoms. The van der Waals surface area contributed by atoms with Crippen LogP contribution in [0.3, 0.4) is 0 Å². The molecule has 0 aromatic carbocycles. The normalized spacial score (nSPS) is 14.2. The fraction of sp³-hybridized carbons (Fsp3) is 0.500. The summed E-state index contributed by atoms with van der Waals surface area (Å²) in [4.78, 5) is 0. The summed E-state index contributed by atoms with van der Waals surface area (Å²) in [5.74, 6) is 0.0155. The molecule has 1 heterocycles. The SMILES string of the molecule is CS(=O)(=O)CCC(O)c1csc(Br)c1. The molecule has 0 aliphatic heterocycles. The van der Waals surface area contributed by atoms with E-state index in [4.69, 9.17) is 0 Å². The topological polar surface area (TPSA) is 54.4 Å². The average molecular weight is 299 g/mol. The van der Waals surface area contributed by atoms with E-state index >= 15 is 0 Å². The molecule has 0 bridgehead atoms. The fourth-order valence-corrected chi connectivity index (χ4v) is 2.86. The first kappa shape index (κ1) is 12.2. The molecule has 0 amide bonds. The number of hydrogen-bond donors (Lipinski definition) is 1. The highest BCUT2D eigenvalue weighted by Gasteiger charge is 2.12. The van der Waals surface area contributed by atoms with Crippen molar-refractivity contribution in [3.8, 4) is 0 Å². The Labute approximate surface area is 95.8 Å². The lowest BCUT2D eigenvalue weighted by Crippen LogP contribution is -2.07. The first-order valence-electron chi connectivity index (χ1n) is 3.98. The smallest absolute Gasteiger partial charge is 0.147 e. The number of hydrogen-bond acceptors (Lipinski definition) is 4. The standard InChI is InChI=1S/C8H11BrO3S2/c1-14(11,12)3-2-7(10)6-4-8(9)13-5-6/h4-5,7,10H,2-3H2,1H3. The minimum Gasteiger partial charge on any atom is -0.388 e. The van der Waals surface area contributed by atoms with Crippen molar-refractivity contribution in [1.29, 1.82) is 0 Å². The Bertz CT molecular complexity index is 396. The minimum absolute atomic E-state index is 0.0155. The molecule has 1 rings (SSSR count). The maximum Gasteiger partial charge on any atom is 0.147 e. The number of halogens is 1. The van der Waals surface area contributed by atoms with Crippen LogP contribution in [0.4, 0.5) is 0 Å². The third-order valence-corrected chi connectivity index (χ3v) is 4.23. The summed E-state index contributed by atoms with van der Waals surface area (Å²) in [6, 6.07) is 1.80. The second-order valence-electron chi connectivity index (χ2n) is 3.12. The first-order valence-corrected chi connectivity index (χ1v) is 7.71. The Morgan fingerprint density at radius 2 is 2.29 bits per heavy atom. The Morgan fingerprint density at radius 3 is 2.71 bits per heavy atom. The maximum absolute atomic E-state index is 10.9. The van der Waals surface area contributed by atoms with Gasteiger partial charge in [-0.15, -0.1) is 11.3 Å². The number of rotatable bonds is 4. The van der Waals surface area contributed by atoms with Gasteiger partial charge in [0.2, 0.25) is 0 Å². The van der Waals surface area contributed by atoms with Crippen LogP contribution in [0.2, 0.25) is 0 Å². The molecule has 6 heteroatoms. The van der Waals surface area contributed by atoms with Crippen molar-refractivity contribution in [2.75, 3.05) is 12.0 Å². The number of sulfone groups is 1. The highest BCUT2D eigenvalue weighted by molar-refractivity contribution is 9.11. The van der Waals surface area contributed by atoms with Crippen molar-refractivity contribution in [2.24, 2.45) is 0 Å². The summed E-state index contributed by atoms with van der Waals surface area (Å²) in [6.45, 7) is 0. The van der Waals surface area contributed by atoms with Crippen molar-refractivity contribution >= 4 is 37.1 Å². The van der Waals surface area contributed by atoms with Gasteiger partial charge in [-0.25, -0.2) is 8.42 Å². The van der Waals surface area contributed by atoms with Gasteiger partial charge in [-0.1, -0.05) is 0 Å². The van der Waals surface area contributed by atoms with E-state index in [1.807, 2.05) is 5.38 Å². The molecule has 1 atom stereocenters. The quantitative estimate of drug-likeness (QED) is 0.925. The number of aliphatic hydroxyl groups is 1. The average Bonchev–Trinajstić information content (AvgIpc) is 2.46. The summed E-state index contributed by atoms with van der Waals surface area (Å²) >= 11 is 4.75. The van der Waals surface area contributed by atoms with Gasteiger partial charge in [-0.05, 0) is 39.4 Å². The summed E-state index contributed by atoms with van der Waals surface area (Å²) in [5.41, 5.74) is 0.769. The number of thiophene rings is 1. The van der Waals surface area contributed by atoms with Crippen molar-refractivity contribution in [3.05, 3.63) is 20.8 Å². The van der Waals surface area contributed by atoms with Crippen LogP contribution in [-0.2, 0) is 9.84 Å². The Balaban J connectivity index is 2.55. The van der Waals surface area contributed by atoms with E-state index in [0.29, 0.717) is 0 Å². The van der Waals surface area contributed by atoms with E-state index in [0.717, 1.165) is 9.35 Å². The molecular weight excluding hydrogens is 288 g/mol. The molecule has 14 heavy (non-hydrogen) atoms. The molecule has 80 valence electrons. The van der Waals surface area contributed by atoms with Gasteiger partial charge < -0.3 is 5.11 Å². The van der Waals surface area contributed by atoms with Gasteiger partial charge in [0.1, 0.15) is 9.84 Å². The fourth-order valence-electron chi connectivity index (χ4n) is 0.991. The second kappa shape index (κ2) is 4.74. The molecule has 1 aromatic heterocycles. The maximum atomic E-state index is 10.9. The molecule has 0 saturated heterocycles. The summed E-state index contributed by atoms with van der Waals surface area (Å²) in [6.07, 6.45) is 0.734. The Hall–Kier alpha value is 0.0900. The van der Waals surface area contributed by atoms with Crippen molar-refractivity contribution in [3.63, 3.8) is 0 Å². The van der Waals surface area contributed by atoms with Crippen molar-refractivity contribution in [2.45, 2.75) is 12.5 Å². The van der Waals surface area contributed by atoms with Crippen LogP contribution in [0.1, 0.15) is 18.1 Å². The zero-order valence-electron chi connectivity index (χ0n) is 7.60. The van der Waals surface area contributed by atoms with Gasteiger partial charge in [-0.3, -0.25) is 0 Å². The monoisotopic (exact) mass is 298 g/mol. The lowest BCUT2D eigenvalue weighted by Gasteiger charge is -2.06. The molecule has 0 radical (unpaired) electrons. The van der Waals surface area contributed by atoms with Gasteiger partial charge in [0.15, 0.2) is 0 Å². The van der Waals surface area contributed by atoms with Crippen molar-refractivity contribution < 1.29 is 13.5 Å². The predicted molar refractivity (Wildman–Crippen MR) is 61.3 cm³/mol. The second-order valence-corrected chi connectivity index (χ2v) is 7.67. The molecule has 0 fully saturated rings. The van der Waals surface area contributed by atoms with E-state index in [2.05, 4.69) is 15.9 Å². The molecule has 3 nitrogen and oxygen atoms in total. The first-order chi connectivity index (χ1) is 6.38. The molecule has 0 saturated carbocycles. The van der Waals surface area contributed by atoms with Crippen LogP contribution in [0.15, 0.2) is 15.2 Å². The van der Waals surface area contributed by atoms with E-state index in [1.54, 1.807) is 6.07 Å². The third-order valence-electron chi connectivity index (χ3n) is 1.73.